The summed E-state index contributed by atoms with van der Waals surface area (Å²) in [5, 5.41) is 9.07. The number of carbonyl (C=O) groups excluding carboxylic acids is 1. The number of aliphatic carboxylic acids is 1. The fourth-order valence-corrected chi connectivity index (χ4v) is 1.47. The fourth-order valence-electron chi connectivity index (χ4n) is 1.47. The van der Waals surface area contributed by atoms with E-state index in [1.165, 1.54) is 31.9 Å². The molecule has 19 heavy (non-hydrogen) atoms. The zero-order valence-electron chi connectivity index (χ0n) is 11.7. The Morgan fingerprint density at radius 2 is 1.84 bits per heavy atom. The molecule has 1 rings (SSSR count). The highest BCUT2D eigenvalue weighted by molar-refractivity contribution is 5.95. The van der Waals surface area contributed by atoms with Crippen LogP contribution in [0.15, 0.2) is 30.3 Å². The summed E-state index contributed by atoms with van der Waals surface area (Å²) in [6, 6.07) is 7.67. The van der Waals surface area contributed by atoms with Crippen LogP contribution in [0.1, 0.15) is 25.0 Å². The van der Waals surface area contributed by atoms with Gasteiger partial charge in [-0.2, -0.15) is 0 Å². The van der Waals surface area contributed by atoms with Crippen molar-refractivity contribution in [2.75, 3.05) is 7.05 Å². The van der Waals surface area contributed by atoms with Crippen LogP contribution in [-0.2, 0) is 9.59 Å². The molecule has 0 atom stereocenters. The minimum absolute atomic E-state index is 0.337. The molecule has 0 fully saturated rings. The topological polar surface area (TPSA) is 57.6 Å². The number of hydrogen-bond donors (Lipinski definition) is 1. The summed E-state index contributed by atoms with van der Waals surface area (Å²) < 4.78 is 0. The van der Waals surface area contributed by atoms with E-state index in [2.05, 4.69) is 0 Å². The van der Waals surface area contributed by atoms with E-state index in [9.17, 15) is 9.59 Å². The Morgan fingerprint density at radius 3 is 2.37 bits per heavy atom. The predicted octanol–water partition coefficient (Wildman–Crippen LogP) is 2.33. The van der Waals surface area contributed by atoms with E-state index >= 15 is 0 Å². The molecule has 1 aromatic carbocycles. The van der Waals surface area contributed by atoms with E-state index in [4.69, 9.17) is 5.11 Å². The van der Waals surface area contributed by atoms with E-state index < -0.39 is 11.5 Å². The number of aryl methyl sites for hydroxylation is 1. The Balaban J connectivity index is 2.86. The third kappa shape index (κ3) is 3.44. The van der Waals surface area contributed by atoms with Crippen LogP contribution < -0.4 is 0 Å². The number of nitrogens with zero attached hydrogens (tertiary/aromatic N) is 1. The SMILES string of the molecule is Cc1ccccc1C=CC(=O)N(C)C(C)(C)C(=O)O. The van der Waals surface area contributed by atoms with Gasteiger partial charge in [-0.25, -0.2) is 4.79 Å². The van der Waals surface area contributed by atoms with E-state index in [-0.39, 0.29) is 5.91 Å². The minimum atomic E-state index is -1.23. The predicted molar refractivity (Wildman–Crippen MR) is 74.7 cm³/mol. The highest BCUT2D eigenvalue weighted by atomic mass is 16.4. The van der Waals surface area contributed by atoms with Crippen LogP contribution in [0.3, 0.4) is 0 Å². The summed E-state index contributed by atoms with van der Waals surface area (Å²) in [6.45, 7) is 4.94. The summed E-state index contributed by atoms with van der Waals surface area (Å²) >= 11 is 0. The Kier molecular flexibility index (Phi) is 4.48. The van der Waals surface area contributed by atoms with Gasteiger partial charge < -0.3 is 10.0 Å². The number of carbonyl (C=O) groups is 2. The molecule has 0 bridgehead atoms. The third-order valence-corrected chi connectivity index (χ3v) is 3.29. The van der Waals surface area contributed by atoms with Gasteiger partial charge in [-0.15, -0.1) is 0 Å². The molecule has 1 N–H and O–H groups in total. The second kappa shape index (κ2) is 5.69. The molecule has 4 heteroatoms. The lowest BCUT2D eigenvalue weighted by Crippen LogP contribution is -2.50. The van der Waals surface area contributed by atoms with Crippen LogP contribution >= 0.6 is 0 Å². The summed E-state index contributed by atoms with van der Waals surface area (Å²) in [5.74, 6) is -1.37. The van der Waals surface area contributed by atoms with Crippen molar-refractivity contribution in [1.29, 1.82) is 0 Å². The van der Waals surface area contributed by atoms with Crippen LogP contribution in [-0.4, -0.2) is 34.5 Å². The number of carboxylic acid groups (broad SMARTS) is 1. The third-order valence-electron chi connectivity index (χ3n) is 3.29. The van der Waals surface area contributed by atoms with Crippen molar-refractivity contribution in [3.8, 4) is 0 Å². The van der Waals surface area contributed by atoms with Crippen molar-refractivity contribution >= 4 is 18.0 Å². The van der Waals surface area contributed by atoms with Crippen molar-refractivity contribution in [2.24, 2.45) is 0 Å². The average Bonchev–Trinajstić information content (AvgIpc) is 2.36. The van der Waals surface area contributed by atoms with Gasteiger partial charge in [0.15, 0.2) is 0 Å². The molecule has 1 amide bonds. The quantitative estimate of drug-likeness (QED) is 0.846. The first-order valence-corrected chi connectivity index (χ1v) is 6.01. The summed E-state index contributed by atoms with van der Waals surface area (Å²) in [6.07, 6.45) is 3.10. The number of rotatable bonds is 4. The van der Waals surface area contributed by atoms with Gasteiger partial charge in [-0.3, -0.25) is 4.79 Å². The molecular formula is C15H19NO3. The molecule has 0 radical (unpaired) electrons. The van der Waals surface area contributed by atoms with Crippen LogP contribution in [0.4, 0.5) is 0 Å². The first-order chi connectivity index (χ1) is 8.76. The lowest BCUT2D eigenvalue weighted by molar-refractivity contribution is -0.153. The van der Waals surface area contributed by atoms with Gasteiger partial charge in [0.2, 0.25) is 5.91 Å². The monoisotopic (exact) mass is 261 g/mol. The van der Waals surface area contributed by atoms with Crippen LogP contribution in [0.5, 0.6) is 0 Å². The van der Waals surface area contributed by atoms with Crippen LogP contribution in [0, 0.1) is 6.92 Å². The van der Waals surface area contributed by atoms with Gasteiger partial charge in [-0.1, -0.05) is 24.3 Å². The normalized spacial score (nSPS) is 11.6. The van der Waals surface area contributed by atoms with Crippen molar-refractivity contribution in [1.82, 2.24) is 4.90 Å². The first kappa shape index (κ1) is 15.0. The van der Waals surface area contributed by atoms with Gasteiger partial charge in [0.05, 0.1) is 0 Å². The molecule has 0 saturated heterocycles. The maximum atomic E-state index is 12.0. The summed E-state index contributed by atoms with van der Waals surface area (Å²) in [4.78, 5) is 24.2. The molecule has 0 heterocycles. The highest BCUT2D eigenvalue weighted by Crippen LogP contribution is 2.14. The number of carboxylic acids is 1. The molecule has 1 aromatic rings. The largest absolute Gasteiger partial charge is 0.480 e. The molecular weight excluding hydrogens is 242 g/mol. The summed E-state index contributed by atoms with van der Waals surface area (Å²) in [7, 11) is 1.48. The molecule has 0 aliphatic rings. The smallest absolute Gasteiger partial charge is 0.329 e. The summed E-state index contributed by atoms with van der Waals surface area (Å²) in [5.41, 5.74) is 0.775. The van der Waals surface area contributed by atoms with Gasteiger partial charge in [0, 0.05) is 13.1 Å². The van der Waals surface area contributed by atoms with Gasteiger partial charge in [-0.05, 0) is 38.0 Å². The second-order valence-electron chi connectivity index (χ2n) is 4.95. The zero-order chi connectivity index (χ0) is 14.6. The number of hydrogen-bond acceptors (Lipinski definition) is 2. The Morgan fingerprint density at radius 1 is 1.26 bits per heavy atom. The van der Waals surface area contributed by atoms with Gasteiger partial charge in [0.1, 0.15) is 5.54 Å². The molecule has 0 unspecified atom stereocenters. The fraction of sp³-hybridized carbons (Fsp3) is 0.333. The van der Waals surface area contributed by atoms with Crippen molar-refractivity contribution in [2.45, 2.75) is 26.3 Å². The molecule has 0 saturated carbocycles. The standard InChI is InChI=1S/C15H19NO3/c1-11-7-5-6-8-12(11)9-10-13(17)16(4)15(2,3)14(18)19/h5-10H,1-4H3,(H,18,19). The van der Waals surface area contributed by atoms with E-state index in [1.54, 1.807) is 6.08 Å². The second-order valence-corrected chi connectivity index (χ2v) is 4.95. The number of likely N-dealkylation sites (N-methyl/N-ethyl adjacent to an activating group) is 1. The van der Waals surface area contributed by atoms with Crippen molar-refractivity contribution in [3.63, 3.8) is 0 Å². The molecule has 4 nitrogen and oxygen atoms in total. The molecule has 102 valence electrons. The molecule has 0 spiro atoms. The molecule has 0 aliphatic heterocycles. The Hall–Kier alpha value is -2.10. The Bertz CT molecular complexity index is 518. The van der Waals surface area contributed by atoms with E-state index in [0.29, 0.717) is 0 Å². The van der Waals surface area contributed by atoms with E-state index in [1.807, 2.05) is 31.2 Å². The highest BCUT2D eigenvalue weighted by Gasteiger charge is 2.34. The van der Waals surface area contributed by atoms with Crippen molar-refractivity contribution < 1.29 is 14.7 Å². The van der Waals surface area contributed by atoms with Crippen molar-refractivity contribution in [3.05, 3.63) is 41.5 Å². The number of benzene rings is 1. The maximum Gasteiger partial charge on any atom is 0.329 e. The van der Waals surface area contributed by atoms with E-state index in [0.717, 1.165) is 11.1 Å². The Labute approximate surface area is 113 Å². The van der Waals surface area contributed by atoms with Crippen LogP contribution in [0.25, 0.3) is 6.08 Å². The lowest BCUT2D eigenvalue weighted by Gasteiger charge is -2.30. The lowest BCUT2D eigenvalue weighted by atomic mass is 10.0. The van der Waals surface area contributed by atoms with Gasteiger partial charge >= 0.3 is 5.97 Å². The molecule has 0 aliphatic carbocycles. The number of amides is 1. The maximum absolute atomic E-state index is 12.0. The first-order valence-electron chi connectivity index (χ1n) is 6.01. The minimum Gasteiger partial charge on any atom is -0.480 e. The molecule has 0 aromatic heterocycles. The zero-order valence-corrected chi connectivity index (χ0v) is 11.7. The van der Waals surface area contributed by atoms with Crippen LogP contribution in [0.2, 0.25) is 0 Å². The average molecular weight is 261 g/mol. The van der Waals surface area contributed by atoms with Gasteiger partial charge in [0.25, 0.3) is 0 Å².